The highest BCUT2D eigenvalue weighted by Crippen LogP contribution is 2.44. The molecule has 4 aromatic rings. The quantitative estimate of drug-likeness (QED) is 0.514. The zero-order valence-electron chi connectivity index (χ0n) is 15.4. The number of hydrogen-bond acceptors (Lipinski definition) is 6. The predicted octanol–water partition coefficient (Wildman–Crippen LogP) is 4.44. The maximum atomic E-state index is 13.3. The first kappa shape index (κ1) is 18.1. The minimum atomic E-state index is -3.82. The van der Waals surface area contributed by atoms with Gasteiger partial charge in [-0.1, -0.05) is 60.7 Å². The molecule has 1 atom stereocenters. The van der Waals surface area contributed by atoms with Crippen LogP contribution < -0.4 is 9.62 Å². The number of aromatic nitrogens is 2. The molecule has 0 spiro atoms. The van der Waals surface area contributed by atoms with Crippen LogP contribution in [0.25, 0.3) is 10.8 Å². The Morgan fingerprint density at radius 2 is 1.79 bits per heavy atom. The van der Waals surface area contributed by atoms with Crippen LogP contribution in [-0.2, 0) is 10.0 Å². The lowest BCUT2D eigenvalue weighted by Crippen LogP contribution is -2.42. The molecule has 1 aromatic heterocycles. The molecular weight excluding hydrogens is 404 g/mol. The van der Waals surface area contributed by atoms with Gasteiger partial charge in [0.05, 0.1) is 11.7 Å². The largest absolute Gasteiger partial charge is 0.363 e. The summed E-state index contributed by atoms with van der Waals surface area (Å²) in [6.45, 7) is 0.800. The van der Waals surface area contributed by atoms with Crippen molar-refractivity contribution in [2.75, 3.05) is 16.2 Å². The van der Waals surface area contributed by atoms with Crippen LogP contribution in [0.4, 0.5) is 10.8 Å². The summed E-state index contributed by atoms with van der Waals surface area (Å²) in [5, 5.41) is 2.19. The van der Waals surface area contributed by atoms with Crippen molar-refractivity contribution in [3.8, 4) is 0 Å². The molecule has 0 radical (unpaired) electrons. The standard InChI is InChI=1S/C21H18N4O2S2/c26-29(27,24-21-22-14-23-28-21)19-11-10-15-6-4-5-9-17(15)20(19)25-13-12-18(25)16-7-2-1-3-8-16/h1-11,14,18H,12-13H2,(H,22,23,24). The Morgan fingerprint density at radius 3 is 2.52 bits per heavy atom. The van der Waals surface area contributed by atoms with Crippen molar-refractivity contribution in [1.29, 1.82) is 0 Å². The van der Waals surface area contributed by atoms with E-state index in [0.717, 1.165) is 41.0 Å². The third-order valence-electron chi connectivity index (χ3n) is 5.23. The van der Waals surface area contributed by atoms with Crippen molar-refractivity contribution < 1.29 is 8.42 Å². The molecule has 29 heavy (non-hydrogen) atoms. The van der Waals surface area contributed by atoms with Crippen LogP contribution in [0.3, 0.4) is 0 Å². The van der Waals surface area contributed by atoms with Gasteiger partial charge in [0.25, 0.3) is 10.0 Å². The smallest absolute Gasteiger partial charge is 0.265 e. The molecule has 2 heterocycles. The Balaban J connectivity index is 1.66. The van der Waals surface area contributed by atoms with E-state index in [2.05, 4.69) is 31.1 Å². The van der Waals surface area contributed by atoms with E-state index in [1.54, 1.807) is 6.07 Å². The molecule has 8 heteroatoms. The van der Waals surface area contributed by atoms with Gasteiger partial charge in [-0.05, 0) is 23.4 Å². The maximum absolute atomic E-state index is 13.3. The van der Waals surface area contributed by atoms with Crippen LogP contribution in [0.5, 0.6) is 0 Å². The number of fused-ring (bicyclic) bond motifs is 1. The Morgan fingerprint density at radius 1 is 1.00 bits per heavy atom. The van der Waals surface area contributed by atoms with Crippen LogP contribution in [0.1, 0.15) is 18.0 Å². The molecule has 0 aliphatic carbocycles. The first-order chi connectivity index (χ1) is 14.1. The average molecular weight is 423 g/mol. The van der Waals surface area contributed by atoms with E-state index in [1.165, 1.54) is 11.9 Å². The van der Waals surface area contributed by atoms with Gasteiger partial charge in [0.15, 0.2) is 0 Å². The van der Waals surface area contributed by atoms with Gasteiger partial charge in [0, 0.05) is 23.5 Å². The van der Waals surface area contributed by atoms with Crippen molar-refractivity contribution in [3.05, 3.63) is 78.6 Å². The van der Waals surface area contributed by atoms with Crippen LogP contribution in [-0.4, -0.2) is 24.3 Å². The number of nitrogens with zero attached hydrogens (tertiary/aromatic N) is 3. The molecule has 1 aliphatic rings. The lowest BCUT2D eigenvalue weighted by Gasteiger charge is -2.44. The summed E-state index contributed by atoms with van der Waals surface area (Å²) >= 11 is 1.01. The molecule has 0 amide bonds. The fraction of sp³-hybridized carbons (Fsp3) is 0.143. The van der Waals surface area contributed by atoms with Crippen LogP contribution in [0.15, 0.2) is 78.0 Å². The van der Waals surface area contributed by atoms with Gasteiger partial charge in [-0.15, -0.1) is 0 Å². The van der Waals surface area contributed by atoms with Crippen molar-refractivity contribution in [2.24, 2.45) is 0 Å². The fourth-order valence-corrected chi connectivity index (χ4v) is 5.70. The van der Waals surface area contributed by atoms with Gasteiger partial charge < -0.3 is 4.90 Å². The molecule has 1 fully saturated rings. The Labute approximate surface area is 173 Å². The lowest BCUT2D eigenvalue weighted by molar-refractivity contribution is 0.464. The molecule has 0 bridgehead atoms. The number of anilines is 2. The summed E-state index contributed by atoms with van der Waals surface area (Å²) < 4.78 is 33.0. The Kier molecular flexibility index (Phi) is 4.44. The summed E-state index contributed by atoms with van der Waals surface area (Å²) in [5.74, 6) is 0. The first-order valence-corrected chi connectivity index (χ1v) is 11.5. The van der Waals surface area contributed by atoms with E-state index in [1.807, 2.05) is 48.5 Å². The van der Waals surface area contributed by atoms with E-state index < -0.39 is 10.0 Å². The normalized spacial score (nSPS) is 16.6. The minimum absolute atomic E-state index is 0.150. The molecule has 6 nitrogen and oxygen atoms in total. The van der Waals surface area contributed by atoms with E-state index in [0.29, 0.717) is 0 Å². The molecule has 1 aliphatic heterocycles. The van der Waals surface area contributed by atoms with Gasteiger partial charge in [-0.25, -0.2) is 13.4 Å². The zero-order chi connectivity index (χ0) is 19.8. The third-order valence-corrected chi connectivity index (χ3v) is 7.31. The van der Waals surface area contributed by atoms with Crippen LogP contribution in [0, 0.1) is 0 Å². The van der Waals surface area contributed by atoms with Crippen LogP contribution >= 0.6 is 11.5 Å². The van der Waals surface area contributed by atoms with Crippen molar-refractivity contribution in [3.63, 3.8) is 0 Å². The highest BCUT2D eigenvalue weighted by atomic mass is 32.2. The lowest BCUT2D eigenvalue weighted by atomic mass is 9.93. The Bertz CT molecular complexity index is 1260. The van der Waals surface area contributed by atoms with Gasteiger partial charge in [-0.3, -0.25) is 4.72 Å². The highest BCUT2D eigenvalue weighted by Gasteiger charge is 2.35. The van der Waals surface area contributed by atoms with Crippen molar-refractivity contribution >= 4 is 43.1 Å². The van der Waals surface area contributed by atoms with Gasteiger partial charge >= 0.3 is 0 Å². The number of rotatable bonds is 5. The molecule has 1 N–H and O–H groups in total. The minimum Gasteiger partial charge on any atom is -0.363 e. The molecule has 3 aromatic carbocycles. The zero-order valence-corrected chi connectivity index (χ0v) is 17.0. The number of nitrogens with one attached hydrogen (secondary N) is 1. The third kappa shape index (κ3) is 3.24. The van der Waals surface area contributed by atoms with E-state index >= 15 is 0 Å². The van der Waals surface area contributed by atoms with Crippen molar-refractivity contribution in [1.82, 2.24) is 9.36 Å². The average Bonchev–Trinajstić information content (AvgIpc) is 3.20. The highest BCUT2D eigenvalue weighted by molar-refractivity contribution is 7.93. The van der Waals surface area contributed by atoms with Gasteiger partial charge in [0.1, 0.15) is 11.2 Å². The molecule has 1 saturated heterocycles. The first-order valence-electron chi connectivity index (χ1n) is 9.26. The SMILES string of the molecule is O=S(=O)(Nc1ncns1)c1ccc2ccccc2c1N1CCC1c1ccccc1. The summed E-state index contributed by atoms with van der Waals surface area (Å²) in [5.41, 5.74) is 1.92. The van der Waals surface area contributed by atoms with E-state index in [9.17, 15) is 8.42 Å². The second kappa shape index (κ2) is 7.13. The number of sulfonamides is 1. The predicted molar refractivity (Wildman–Crippen MR) is 116 cm³/mol. The molecular formula is C21H18N4O2S2. The summed E-state index contributed by atoms with van der Waals surface area (Å²) in [4.78, 5) is 6.41. The molecule has 5 rings (SSSR count). The summed E-state index contributed by atoms with van der Waals surface area (Å²) in [6, 6.07) is 21.8. The van der Waals surface area contributed by atoms with Gasteiger partial charge in [0.2, 0.25) is 5.13 Å². The molecule has 146 valence electrons. The summed E-state index contributed by atoms with van der Waals surface area (Å²) in [6.07, 6.45) is 2.32. The molecule has 1 unspecified atom stereocenters. The topological polar surface area (TPSA) is 75.2 Å². The van der Waals surface area contributed by atoms with E-state index in [-0.39, 0.29) is 16.1 Å². The number of hydrogen-bond donors (Lipinski definition) is 1. The summed E-state index contributed by atoms with van der Waals surface area (Å²) in [7, 11) is -3.82. The van der Waals surface area contributed by atoms with Crippen LogP contribution in [0.2, 0.25) is 0 Å². The monoisotopic (exact) mass is 422 g/mol. The molecule has 0 saturated carbocycles. The second-order valence-corrected chi connectivity index (χ2v) is 9.32. The maximum Gasteiger partial charge on any atom is 0.265 e. The fourth-order valence-electron chi connectivity index (χ4n) is 3.81. The van der Waals surface area contributed by atoms with Crippen molar-refractivity contribution in [2.45, 2.75) is 17.4 Å². The second-order valence-electron chi connectivity index (χ2n) is 6.89. The van der Waals surface area contributed by atoms with Gasteiger partial charge in [-0.2, -0.15) is 4.37 Å². The number of benzene rings is 3. The van der Waals surface area contributed by atoms with E-state index in [4.69, 9.17) is 0 Å². The Hall–Kier alpha value is -2.97.